The molecule has 0 fully saturated rings. The SMILES string of the molecule is CN(C)c1ccc(C2=Cc3ccccc3[Si]2(C)C)cc1. The molecule has 0 N–H and O–H groups in total. The Morgan fingerprint density at radius 2 is 1.50 bits per heavy atom. The van der Waals surface area contributed by atoms with Crippen LogP contribution in [-0.4, -0.2) is 22.2 Å². The lowest BCUT2D eigenvalue weighted by Crippen LogP contribution is -2.40. The maximum absolute atomic E-state index is 2.45. The van der Waals surface area contributed by atoms with Crippen LogP contribution < -0.4 is 10.1 Å². The fourth-order valence-corrected chi connectivity index (χ4v) is 6.14. The molecule has 2 aromatic rings. The molecule has 102 valence electrons. The topological polar surface area (TPSA) is 3.24 Å². The Morgan fingerprint density at radius 3 is 2.10 bits per heavy atom. The average molecular weight is 279 g/mol. The van der Waals surface area contributed by atoms with Crippen LogP contribution in [0.4, 0.5) is 5.69 Å². The molecule has 0 aliphatic carbocycles. The van der Waals surface area contributed by atoms with Crippen LogP contribution in [0.25, 0.3) is 11.3 Å². The molecule has 1 aliphatic rings. The number of rotatable bonds is 2. The van der Waals surface area contributed by atoms with Crippen molar-refractivity contribution < 1.29 is 0 Å². The predicted molar refractivity (Wildman–Crippen MR) is 92.2 cm³/mol. The third-order valence-electron chi connectivity index (χ3n) is 4.30. The first-order valence-electron chi connectivity index (χ1n) is 7.09. The van der Waals surface area contributed by atoms with Gasteiger partial charge in [0.25, 0.3) is 0 Å². The summed E-state index contributed by atoms with van der Waals surface area (Å²) in [6.45, 7) is 4.90. The molecule has 0 saturated heterocycles. The van der Waals surface area contributed by atoms with E-state index in [0.29, 0.717) is 0 Å². The summed E-state index contributed by atoms with van der Waals surface area (Å²) in [6.07, 6.45) is 2.40. The molecular formula is C18H21NSi. The Kier molecular flexibility index (Phi) is 3.06. The van der Waals surface area contributed by atoms with Gasteiger partial charge in [-0.25, -0.2) is 0 Å². The van der Waals surface area contributed by atoms with E-state index in [1.54, 1.807) is 10.4 Å². The molecule has 20 heavy (non-hydrogen) atoms. The molecular weight excluding hydrogens is 258 g/mol. The summed E-state index contributed by atoms with van der Waals surface area (Å²) in [5.41, 5.74) is 4.05. The van der Waals surface area contributed by atoms with E-state index in [0.717, 1.165) is 0 Å². The molecule has 1 nitrogen and oxygen atoms in total. The smallest absolute Gasteiger partial charge is 0.113 e. The second-order valence-corrected chi connectivity index (χ2v) is 10.5. The van der Waals surface area contributed by atoms with Gasteiger partial charge in [0.2, 0.25) is 0 Å². The molecule has 0 saturated carbocycles. The Morgan fingerprint density at radius 1 is 0.850 bits per heavy atom. The van der Waals surface area contributed by atoms with Crippen molar-refractivity contribution in [3.05, 3.63) is 59.7 Å². The normalized spacial score (nSPS) is 15.7. The Balaban J connectivity index is 2.04. The van der Waals surface area contributed by atoms with E-state index in [-0.39, 0.29) is 0 Å². The fraction of sp³-hybridized carbons (Fsp3) is 0.222. The lowest BCUT2D eigenvalue weighted by molar-refractivity contribution is 1.13. The van der Waals surface area contributed by atoms with Crippen LogP contribution in [0.2, 0.25) is 13.1 Å². The quantitative estimate of drug-likeness (QED) is 0.757. The van der Waals surface area contributed by atoms with Crippen molar-refractivity contribution in [3.8, 4) is 0 Å². The largest absolute Gasteiger partial charge is 0.378 e. The van der Waals surface area contributed by atoms with Crippen molar-refractivity contribution in [2.75, 3.05) is 19.0 Å². The minimum atomic E-state index is -1.53. The second kappa shape index (κ2) is 4.64. The predicted octanol–water partition coefficient (Wildman–Crippen LogP) is 3.76. The van der Waals surface area contributed by atoms with Crippen molar-refractivity contribution in [3.63, 3.8) is 0 Å². The number of hydrogen-bond donors (Lipinski definition) is 0. The van der Waals surface area contributed by atoms with Crippen LogP contribution in [0.15, 0.2) is 48.5 Å². The zero-order valence-corrected chi connectivity index (χ0v) is 13.6. The number of nitrogens with zero attached hydrogens (tertiary/aromatic N) is 1. The van der Waals surface area contributed by atoms with E-state index >= 15 is 0 Å². The number of anilines is 1. The standard InChI is InChI=1S/C18H21NSi/c1-19(2)16-11-9-14(10-12-16)18-13-15-7-5-6-8-17(15)20(18,3)4/h5-13H,1-4H3. The van der Waals surface area contributed by atoms with Gasteiger partial charge in [-0.1, -0.05) is 55.6 Å². The highest BCUT2D eigenvalue weighted by molar-refractivity contribution is 7.07. The van der Waals surface area contributed by atoms with Crippen LogP contribution in [0.3, 0.4) is 0 Å². The Hall–Kier alpha value is -1.80. The van der Waals surface area contributed by atoms with E-state index in [4.69, 9.17) is 0 Å². The molecule has 0 bridgehead atoms. The number of fused-ring (bicyclic) bond motifs is 1. The van der Waals surface area contributed by atoms with Gasteiger partial charge < -0.3 is 4.90 Å². The van der Waals surface area contributed by atoms with Crippen LogP contribution in [0.1, 0.15) is 11.1 Å². The molecule has 2 aromatic carbocycles. The lowest BCUT2D eigenvalue weighted by Gasteiger charge is -2.23. The Bertz CT molecular complexity index is 666. The van der Waals surface area contributed by atoms with Gasteiger partial charge in [0.1, 0.15) is 8.07 Å². The van der Waals surface area contributed by atoms with Gasteiger partial charge in [-0.15, -0.1) is 0 Å². The van der Waals surface area contributed by atoms with Gasteiger partial charge in [0.05, 0.1) is 0 Å². The van der Waals surface area contributed by atoms with Gasteiger partial charge in [-0.05, 0) is 33.6 Å². The summed E-state index contributed by atoms with van der Waals surface area (Å²) >= 11 is 0. The summed E-state index contributed by atoms with van der Waals surface area (Å²) in [5.74, 6) is 0. The number of benzene rings is 2. The highest BCUT2D eigenvalue weighted by Gasteiger charge is 2.35. The van der Waals surface area contributed by atoms with Crippen LogP contribution in [0.5, 0.6) is 0 Å². The molecule has 0 amide bonds. The summed E-state index contributed by atoms with van der Waals surface area (Å²) in [5, 5.41) is 3.11. The van der Waals surface area contributed by atoms with Crippen molar-refractivity contribution in [1.82, 2.24) is 0 Å². The van der Waals surface area contributed by atoms with Crippen LogP contribution in [0, 0.1) is 0 Å². The monoisotopic (exact) mass is 279 g/mol. The first kappa shape index (κ1) is 13.2. The highest BCUT2D eigenvalue weighted by atomic mass is 28.3. The van der Waals surface area contributed by atoms with Gasteiger partial charge in [0, 0.05) is 19.8 Å². The van der Waals surface area contributed by atoms with Crippen LogP contribution in [-0.2, 0) is 0 Å². The van der Waals surface area contributed by atoms with Crippen molar-refractivity contribution in [2.45, 2.75) is 13.1 Å². The van der Waals surface area contributed by atoms with Gasteiger partial charge in [-0.3, -0.25) is 0 Å². The summed E-state index contributed by atoms with van der Waals surface area (Å²) in [7, 11) is 2.64. The van der Waals surface area contributed by atoms with E-state index in [9.17, 15) is 0 Å². The zero-order valence-electron chi connectivity index (χ0n) is 12.6. The van der Waals surface area contributed by atoms with E-state index < -0.39 is 8.07 Å². The maximum atomic E-state index is 2.45. The maximum Gasteiger partial charge on any atom is 0.113 e. The van der Waals surface area contributed by atoms with Crippen molar-refractivity contribution >= 4 is 30.2 Å². The van der Waals surface area contributed by atoms with Crippen molar-refractivity contribution in [2.24, 2.45) is 0 Å². The first-order valence-corrected chi connectivity index (χ1v) is 10.1. The molecule has 0 unspecified atom stereocenters. The van der Waals surface area contributed by atoms with E-state index in [1.165, 1.54) is 16.8 Å². The van der Waals surface area contributed by atoms with E-state index in [2.05, 4.69) is 86.7 Å². The minimum Gasteiger partial charge on any atom is -0.378 e. The summed E-state index contributed by atoms with van der Waals surface area (Å²) < 4.78 is 0. The second-order valence-electron chi connectivity index (χ2n) is 6.21. The zero-order chi connectivity index (χ0) is 14.3. The summed E-state index contributed by atoms with van der Waals surface area (Å²) in [6, 6.07) is 17.8. The van der Waals surface area contributed by atoms with Gasteiger partial charge >= 0.3 is 0 Å². The molecule has 2 heteroatoms. The third kappa shape index (κ3) is 2.00. The molecule has 0 aromatic heterocycles. The molecule has 0 spiro atoms. The molecule has 0 atom stereocenters. The Labute approximate surface area is 122 Å². The van der Waals surface area contributed by atoms with Crippen molar-refractivity contribution in [1.29, 1.82) is 0 Å². The third-order valence-corrected chi connectivity index (χ3v) is 7.88. The van der Waals surface area contributed by atoms with E-state index in [1.807, 2.05) is 0 Å². The average Bonchev–Trinajstić information content (AvgIpc) is 2.71. The molecule has 1 aliphatic heterocycles. The minimum absolute atomic E-state index is 1.25. The number of hydrogen-bond acceptors (Lipinski definition) is 1. The van der Waals surface area contributed by atoms with Gasteiger partial charge in [0.15, 0.2) is 0 Å². The van der Waals surface area contributed by atoms with Gasteiger partial charge in [-0.2, -0.15) is 0 Å². The molecule has 0 radical (unpaired) electrons. The highest BCUT2D eigenvalue weighted by Crippen LogP contribution is 2.34. The fourth-order valence-electron chi connectivity index (χ4n) is 3.06. The first-order chi connectivity index (χ1) is 9.50. The van der Waals surface area contributed by atoms with Crippen LogP contribution >= 0.6 is 0 Å². The molecule has 3 rings (SSSR count). The summed E-state index contributed by atoms with van der Waals surface area (Å²) in [4.78, 5) is 2.14. The molecule has 1 heterocycles. The lowest BCUT2D eigenvalue weighted by atomic mass is 10.1.